The van der Waals surface area contributed by atoms with E-state index in [2.05, 4.69) is 16.4 Å². The molecule has 0 bridgehead atoms. The normalized spacial score (nSPS) is 14.6. The minimum Gasteiger partial charge on any atom is -0.449 e. The molecular formula is C21H22N4O3. The molecule has 0 radical (unpaired) electrons. The molecule has 0 aliphatic carbocycles. The van der Waals surface area contributed by atoms with Gasteiger partial charge in [0, 0.05) is 19.6 Å². The van der Waals surface area contributed by atoms with Crippen molar-refractivity contribution in [2.75, 3.05) is 6.54 Å². The Labute approximate surface area is 162 Å². The van der Waals surface area contributed by atoms with Gasteiger partial charge in [-0.3, -0.25) is 4.79 Å². The summed E-state index contributed by atoms with van der Waals surface area (Å²) in [4.78, 5) is 27.0. The van der Waals surface area contributed by atoms with E-state index in [1.165, 1.54) is 5.56 Å². The molecule has 2 aromatic carbocycles. The number of benzene rings is 2. The Hall–Kier alpha value is -3.22. The van der Waals surface area contributed by atoms with Gasteiger partial charge in [0.1, 0.15) is 5.52 Å². The van der Waals surface area contributed by atoms with Crippen LogP contribution in [0.1, 0.15) is 35.3 Å². The van der Waals surface area contributed by atoms with Gasteiger partial charge in [-0.15, -0.1) is 5.10 Å². The standard InChI is InChI=1S/C21H22N4O3/c1-3-25-19-9-8-16(12-18(19)22-23-25)21(27)28-14(2)20(26)24-11-10-15-6-4-5-7-17(15)13-24/h4-9,12,14H,3,10-11,13H2,1-2H3/t14-/m1/s1. The summed E-state index contributed by atoms with van der Waals surface area (Å²) in [5, 5.41) is 8.11. The lowest BCUT2D eigenvalue weighted by Crippen LogP contribution is -2.42. The molecule has 0 saturated heterocycles. The molecule has 0 saturated carbocycles. The van der Waals surface area contributed by atoms with Crippen molar-refractivity contribution >= 4 is 22.9 Å². The van der Waals surface area contributed by atoms with Crippen molar-refractivity contribution in [1.29, 1.82) is 0 Å². The van der Waals surface area contributed by atoms with Crippen LogP contribution in [0.25, 0.3) is 11.0 Å². The zero-order valence-electron chi connectivity index (χ0n) is 16.0. The third-order valence-corrected chi connectivity index (χ3v) is 5.12. The van der Waals surface area contributed by atoms with Gasteiger partial charge in [0.25, 0.3) is 5.91 Å². The van der Waals surface area contributed by atoms with E-state index >= 15 is 0 Å². The highest BCUT2D eigenvalue weighted by molar-refractivity contribution is 5.95. The number of esters is 1. The second-order valence-corrected chi connectivity index (χ2v) is 6.93. The third kappa shape index (κ3) is 3.35. The number of fused-ring (bicyclic) bond motifs is 2. The maximum Gasteiger partial charge on any atom is 0.338 e. The van der Waals surface area contributed by atoms with Crippen LogP contribution >= 0.6 is 0 Å². The van der Waals surface area contributed by atoms with Crippen LogP contribution in [0.4, 0.5) is 0 Å². The van der Waals surface area contributed by atoms with Crippen LogP contribution in [0.15, 0.2) is 42.5 Å². The predicted octanol–water partition coefficient (Wildman–Crippen LogP) is 2.58. The van der Waals surface area contributed by atoms with Crippen LogP contribution in [0.5, 0.6) is 0 Å². The number of hydrogen-bond donors (Lipinski definition) is 0. The third-order valence-electron chi connectivity index (χ3n) is 5.12. The van der Waals surface area contributed by atoms with E-state index in [0.29, 0.717) is 30.7 Å². The molecule has 7 nitrogen and oxygen atoms in total. The van der Waals surface area contributed by atoms with Crippen molar-refractivity contribution in [2.24, 2.45) is 0 Å². The van der Waals surface area contributed by atoms with Gasteiger partial charge < -0.3 is 9.64 Å². The maximum atomic E-state index is 12.8. The van der Waals surface area contributed by atoms with Crippen molar-refractivity contribution in [3.05, 3.63) is 59.2 Å². The Kier molecular flexibility index (Phi) is 4.81. The second-order valence-electron chi connectivity index (χ2n) is 6.93. The first kappa shape index (κ1) is 18.2. The van der Waals surface area contributed by atoms with E-state index in [1.807, 2.05) is 25.1 Å². The van der Waals surface area contributed by atoms with E-state index in [0.717, 1.165) is 17.5 Å². The summed E-state index contributed by atoms with van der Waals surface area (Å²) in [5.41, 5.74) is 4.26. The monoisotopic (exact) mass is 378 g/mol. The summed E-state index contributed by atoms with van der Waals surface area (Å²) >= 11 is 0. The molecule has 1 aliphatic rings. The first-order valence-electron chi connectivity index (χ1n) is 9.46. The van der Waals surface area contributed by atoms with Crippen LogP contribution in [0.2, 0.25) is 0 Å². The highest BCUT2D eigenvalue weighted by Crippen LogP contribution is 2.20. The number of nitrogens with zero attached hydrogens (tertiary/aromatic N) is 4. The van der Waals surface area contributed by atoms with E-state index < -0.39 is 12.1 Å². The van der Waals surface area contributed by atoms with Crippen LogP contribution < -0.4 is 0 Å². The minimum absolute atomic E-state index is 0.180. The number of ether oxygens (including phenoxy) is 1. The molecule has 1 aromatic heterocycles. The van der Waals surface area contributed by atoms with Crippen LogP contribution in [-0.2, 0) is 29.0 Å². The molecule has 0 fully saturated rings. The lowest BCUT2D eigenvalue weighted by molar-refractivity contribution is -0.140. The van der Waals surface area contributed by atoms with Crippen LogP contribution in [0.3, 0.4) is 0 Å². The Balaban J connectivity index is 1.43. The molecule has 2 heterocycles. The Morgan fingerprint density at radius 2 is 1.96 bits per heavy atom. The second kappa shape index (κ2) is 7.42. The molecule has 4 rings (SSSR count). The lowest BCUT2D eigenvalue weighted by Gasteiger charge is -2.30. The van der Waals surface area contributed by atoms with Gasteiger partial charge >= 0.3 is 5.97 Å². The highest BCUT2D eigenvalue weighted by Gasteiger charge is 2.27. The number of carbonyl (C=O) groups excluding carboxylic acids is 2. The fourth-order valence-electron chi connectivity index (χ4n) is 3.55. The summed E-state index contributed by atoms with van der Waals surface area (Å²) in [6.45, 7) is 5.47. The zero-order valence-corrected chi connectivity index (χ0v) is 16.0. The van der Waals surface area contributed by atoms with Gasteiger partial charge in [0.05, 0.1) is 11.1 Å². The molecular weight excluding hydrogens is 356 g/mol. The van der Waals surface area contributed by atoms with Crippen LogP contribution in [-0.4, -0.2) is 44.4 Å². The largest absolute Gasteiger partial charge is 0.449 e. The summed E-state index contributed by atoms with van der Waals surface area (Å²) < 4.78 is 7.19. The minimum atomic E-state index is -0.847. The lowest BCUT2D eigenvalue weighted by atomic mass is 9.99. The van der Waals surface area contributed by atoms with Gasteiger partial charge in [-0.05, 0) is 49.6 Å². The number of amides is 1. The van der Waals surface area contributed by atoms with Crippen LogP contribution in [0, 0.1) is 0 Å². The number of carbonyl (C=O) groups is 2. The molecule has 0 unspecified atom stereocenters. The first-order valence-corrected chi connectivity index (χ1v) is 9.46. The quantitative estimate of drug-likeness (QED) is 0.652. The van der Waals surface area contributed by atoms with E-state index in [-0.39, 0.29) is 5.91 Å². The van der Waals surface area contributed by atoms with E-state index in [4.69, 9.17) is 4.74 Å². The molecule has 1 amide bonds. The number of rotatable bonds is 4. The fraction of sp³-hybridized carbons (Fsp3) is 0.333. The van der Waals surface area contributed by atoms with Gasteiger partial charge in [0.15, 0.2) is 6.10 Å². The first-order chi connectivity index (χ1) is 13.6. The summed E-state index contributed by atoms with van der Waals surface area (Å²) in [5.74, 6) is -0.716. The van der Waals surface area contributed by atoms with Gasteiger partial charge in [0.2, 0.25) is 0 Å². The molecule has 144 valence electrons. The van der Waals surface area contributed by atoms with E-state index in [9.17, 15) is 9.59 Å². The van der Waals surface area contributed by atoms with Crippen molar-refractivity contribution in [3.8, 4) is 0 Å². The molecule has 1 atom stereocenters. The molecule has 0 N–H and O–H groups in total. The molecule has 1 aliphatic heterocycles. The highest BCUT2D eigenvalue weighted by atomic mass is 16.5. The smallest absolute Gasteiger partial charge is 0.338 e. The maximum absolute atomic E-state index is 12.8. The average Bonchev–Trinajstić information content (AvgIpc) is 3.15. The van der Waals surface area contributed by atoms with E-state index in [1.54, 1.807) is 34.7 Å². The van der Waals surface area contributed by atoms with Gasteiger partial charge in [-0.1, -0.05) is 29.5 Å². The van der Waals surface area contributed by atoms with Crippen molar-refractivity contribution < 1.29 is 14.3 Å². The van der Waals surface area contributed by atoms with Gasteiger partial charge in [-0.25, -0.2) is 9.48 Å². The average molecular weight is 378 g/mol. The fourth-order valence-corrected chi connectivity index (χ4v) is 3.55. The Morgan fingerprint density at radius 3 is 2.75 bits per heavy atom. The number of aromatic nitrogens is 3. The molecule has 0 spiro atoms. The van der Waals surface area contributed by atoms with Crippen molar-refractivity contribution in [3.63, 3.8) is 0 Å². The molecule has 7 heteroatoms. The molecule has 28 heavy (non-hydrogen) atoms. The summed E-state index contributed by atoms with van der Waals surface area (Å²) in [6.07, 6.45) is -0.0356. The summed E-state index contributed by atoms with van der Waals surface area (Å²) in [7, 11) is 0. The Bertz CT molecular complexity index is 1040. The molecule has 3 aromatic rings. The number of aryl methyl sites for hydroxylation is 1. The van der Waals surface area contributed by atoms with Crippen molar-refractivity contribution in [1.82, 2.24) is 19.9 Å². The number of hydrogen-bond acceptors (Lipinski definition) is 5. The topological polar surface area (TPSA) is 77.3 Å². The van der Waals surface area contributed by atoms with Crippen molar-refractivity contribution in [2.45, 2.75) is 39.5 Å². The predicted molar refractivity (Wildman–Crippen MR) is 104 cm³/mol. The SMILES string of the molecule is CCn1nnc2cc(C(=O)O[C@H](C)C(=O)N3CCc4ccccc4C3)ccc21. The van der Waals surface area contributed by atoms with Gasteiger partial charge in [-0.2, -0.15) is 0 Å². The summed E-state index contributed by atoms with van der Waals surface area (Å²) in [6, 6.07) is 13.2. The Morgan fingerprint density at radius 1 is 1.18 bits per heavy atom. The zero-order chi connectivity index (χ0) is 19.7.